The van der Waals surface area contributed by atoms with Crippen LogP contribution in [0.2, 0.25) is 0 Å². The summed E-state index contributed by atoms with van der Waals surface area (Å²) in [6.07, 6.45) is 0.179. The van der Waals surface area contributed by atoms with Crippen molar-refractivity contribution in [3.8, 4) is 11.5 Å². The molecule has 2 amide bonds. The number of carbonyl (C=O) groups is 2. The van der Waals surface area contributed by atoms with Crippen LogP contribution in [0.3, 0.4) is 0 Å². The largest absolute Gasteiger partial charge is 0.486 e. The lowest BCUT2D eigenvalue weighted by atomic mass is 10.1. The van der Waals surface area contributed by atoms with E-state index in [1.807, 2.05) is 53.9 Å². The molecule has 0 unspecified atom stereocenters. The summed E-state index contributed by atoms with van der Waals surface area (Å²) in [5.74, 6) is 1.13. The van der Waals surface area contributed by atoms with Crippen LogP contribution < -0.4 is 14.4 Å². The van der Waals surface area contributed by atoms with Gasteiger partial charge in [-0.2, -0.15) is 0 Å². The predicted octanol–water partition coefficient (Wildman–Crippen LogP) is 4.57. The van der Waals surface area contributed by atoms with Crippen LogP contribution in [0.25, 0.3) is 5.70 Å². The fourth-order valence-electron chi connectivity index (χ4n) is 4.00. The molecule has 0 spiro atoms. The molecule has 7 heteroatoms. The van der Waals surface area contributed by atoms with E-state index in [0.29, 0.717) is 42.5 Å². The zero-order valence-electron chi connectivity index (χ0n) is 17.5. The zero-order valence-corrected chi connectivity index (χ0v) is 18.3. The van der Waals surface area contributed by atoms with Crippen LogP contribution in [-0.4, -0.2) is 36.5 Å². The Balaban J connectivity index is 1.36. The maximum atomic E-state index is 13.4. The fourth-order valence-corrected chi connectivity index (χ4v) is 4.69. The van der Waals surface area contributed by atoms with Crippen LogP contribution in [0.5, 0.6) is 11.5 Å². The van der Waals surface area contributed by atoms with Crippen molar-refractivity contribution in [3.05, 3.63) is 82.6 Å². The van der Waals surface area contributed by atoms with Crippen LogP contribution in [0.15, 0.2) is 66.6 Å². The Morgan fingerprint density at radius 1 is 1.03 bits per heavy atom. The molecule has 0 atom stereocenters. The van der Waals surface area contributed by atoms with E-state index in [1.54, 1.807) is 27.2 Å². The summed E-state index contributed by atoms with van der Waals surface area (Å²) < 4.78 is 11.3. The molecule has 32 heavy (non-hydrogen) atoms. The summed E-state index contributed by atoms with van der Waals surface area (Å²) in [7, 11) is 0. The Morgan fingerprint density at radius 3 is 2.56 bits per heavy atom. The van der Waals surface area contributed by atoms with Gasteiger partial charge in [-0.3, -0.25) is 9.59 Å². The molecular formula is C25H22N2O4S. The van der Waals surface area contributed by atoms with E-state index in [1.165, 1.54) is 0 Å². The first-order valence-corrected chi connectivity index (χ1v) is 11.3. The smallest absolute Gasteiger partial charge is 0.258 e. The molecule has 0 fully saturated rings. The Kier molecular flexibility index (Phi) is 5.41. The molecule has 3 heterocycles. The number of hydrogen-bond acceptors (Lipinski definition) is 5. The van der Waals surface area contributed by atoms with Gasteiger partial charge in [0.25, 0.3) is 5.91 Å². The number of fused-ring (bicyclic) bond motifs is 2. The number of benzene rings is 2. The number of nitrogens with zero attached hydrogens (tertiary/aromatic N) is 2. The van der Waals surface area contributed by atoms with E-state index >= 15 is 0 Å². The molecule has 0 N–H and O–H groups in total. The minimum atomic E-state index is -0.109. The van der Waals surface area contributed by atoms with Crippen LogP contribution in [0.1, 0.15) is 27.2 Å². The third-order valence-electron chi connectivity index (χ3n) is 5.62. The maximum absolute atomic E-state index is 13.4. The molecule has 162 valence electrons. The highest BCUT2D eigenvalue weighted by molar-refractivity contribution is 7.09. The van der Waals surface area contributed by atoms with Crippen LogP contribution >= 0.6 is 11.3 Å². The lowest BCUT2D eigenvalue weighted by Crippen LogP contribution is -2.34. The van der Waals surface area contributed by atoms with Crippen molar-refractivity contribution in [2.75, 3.05) is 24.7 Å². The number of rotatable bonds is 6. The summed E-state index contributed by atoms with van der Waals surface area (Å²) in [5, 5.41) is 1.99. The highest BCUT2D eigenvalue weighted by atomic mass is 32.1. The fraction of sp³-hybridized carbons (Fsp3) is 0.200. The minimum Gasteiger partial charge on any atom is -0.486 e. The van der Waals surface area contributed by atoms with E-state index in [-0.39, 0.29) is 24.8 Å². The van der Waals surface area contributed by atoms with E-state index in [2.05, 4.69) is 6.58 Å². The van der Waals surface area contributed by atoms with Gasteiger partial charge < -0.3 is 19.3 Å². The average Bonchev–Trinajstić information content (AvgIpc) is 3.43. The van der Waals surface area contributed by atoms with Crippen LogP contribution in [0.4, 0.5) is 5.69 Å². The van der Waals surface area contributed by atoms with Gasteiger partial charge in [0.05, 0.1) is 6.54 Å². The third kappa shape index (κ3) is 3.76. The monoisotopic (exact) mass is 446 g/mol. The first-order valence-electron chi connectivity index (χ1n) is 10.4. The molecule has 2 aromatic carbocycles. The van der Waals surface area contributed by atoms with E-state index in [4.69, 9.17) is 9.47 Å². The standard InChI is InChI=1S/C25H22N2O4S/c1-17-20-6-2-3-7-21(20)25(29)26(17)11-10-24(28)27(16-19-5-4-14-32-19)18-8-9-22-23(15-18)31-13-12-30-22/h2-9,14-15H,1,10-13,16H2. The summed E-state index contributed by atoms with van der Waals surface area (Å²) in [6, 6.07) is 16.9. The number of ether oxygens (including phenoxy) is 2. The number of thiophene rings is 1. The van der Waals surface area contributed by atoms with Crippen molar-refractivity contribution < 1.29 is 19.1 Å². The first-order chi connectivity index (χ1) is 15.6. The predicted molar refractivity (Wildman–Crippen MR) is 124 cm³/mol. The molecule has 1 aromatic heterocycles. The number of amides is 2. The molecule has 0 saturated heterocycles. The highest BCUT2D eigenvalue weighted by Crippen LogP contribution is 2.35. The normalized spacial score (nSPS) is 14.4. The average molecular weight is 447 g/mol. The Bertz CT molecular complexity index is 1150. The van der Waals surface area contributed by atoms with Crippen molar-refractivity contribution in [2.45, 2.75) is 13.0 Å². The Morgan fingerprint density at radius 2 is 1.81 bits per heavy atom. The van der Waals surface area contributed by atoms with E-state index in [9.17, 15) is 9.59 Å². The molecular weight excluding hydrogens is 424 g/mol. The van der Waals surface area contributed by atoms with Gasteiger partial charge in [0.1, 0.15) is 13.2 Å². The quantitative estimate of drug-likeness (QED) is 0.557. The first kappa shape index (κ1) is 20.3. The Labute approximate surface area is 190 Å². The molecule has 0 aliphatic carbocycles. The van der Waals surface area contributed by atoms with Gasteiger partial charge in [-0.25, -0.2) is 0 Å². The van der Waals surface area contributed by atoms with Gasteiger partial charge in [0.15, 0.2) is 11.5 Å². The molecule has 0 saturated carbocycles. The van der Waals surface area contributed by atoms with Gasteiger partial charge in [0, 0.05) is 46.4 Å². The van der Waals surface area contributed by atoms with Crippen molar-refractivity contribution >= 4 is 34.5 Å². The van der Waals surface area contributed by atoms with Crippen molar-refractivity contribution in [1.29, 1.82) is 0 Å². The number of carbonyl (C=O) groups excluding carboxylic acids is 2. The maximum Gasteiger partial charge on any atom is 0.258 e. The van der Waals surface area contributed by atoms with Crippen LogP contribution in [0, 0.1) is 0 Å². The molecule has 5 rings (SSSR count). The summed E-state index contributed by atoms with van der Waals surface area (Å²) in [5.41, 5.74) is 2.84. The van der Waals surface area contributed by atoms with Crippen molar-refractivity contribution in [2.24, 2.45) is 0 Å². The van der Waals surface area contributed by atoms with Crippen molar-refractivity contribution in [3.63, 3.8) is 0 Å². The van der Waals surface area contributed by atoms with E-state index < -0.39 is 0 Å². The molecule has 2 aliphatic heterocycles. The number of anilines is 1. The second-order valence-electron chi connectivity index (χ2n) is 7.59. The minimum absolute atomic E-state index is 0.0772. The SMILES string of the molecule is C=C1c2ccccc2C(=O)N1CCC(=O)N(Cc1cccs1)c1ccc2c(c1)OCCO2. The lowest BCUT2D eigenvalue weighted by Gasteiger charge is -2.26. The Hall–Kier alpha value is -3.58. The topological polar surface area (TPSA) is 59.1 Å². The second kappa shape index (κ2) is 8.51. The zero-order chi connectivity index (χ0) is 22.1. The molecule has 0 radical (unpaired) electrons. The summed E-state index contributed by atoms with van der Waals surface area (Å²) >= 11 is 1.60. The second-order valence-corrected chi connectivity index (χ2v) is 8.62. The lowest BCUT2D eigenvalue weighted by molar-refractivity contribution is -0.118. The summed E-state index contributed by atoms with van der Waals surface area (Å²) in [4.78, 5) is 30.6. The van der Waals surface area contributed by atoms with Crippen molar-refractivity contribution in [1.82, 2.24) is 4.90 Å². The highest BCUT2D eigenvalue weighted by Gasteiger charge is 2.31. The number of hydrogen-bond donors (Lipinski definition) is 0. The summed E-state index contributed by atoms with van der Waals surface area (Å²) in [6.45, 7) is 5.79. The molecule has 0 bridgehead atoms. The molecule has 3 aromatic rings. The van der Waals surface area contributed by atoms with Crippen LogP contribution in [-0.2, 0) is 11.3 Å². The van der Waals surface area contributed by atoms with Gasteiger partial charge in [0.2, 0.25) is 5.91 Å². The van der Waals surface area contributed by atoms with Gasteiger partial charge in [-0.15, -0.1) is 11.3 Å². The molecule has 2 aliphatic rings. The van der Waals surface area contributed by atoms with Gasteiger partial charge in [-0.05, 0) is 29.6 Å². The third-order valence-corrected chi connectivity index (χ3v) is 6.48. The van der Waals surface area contributed by atoms with Gasteiger partial charge >= 0.3 is 0 Å². The van der Waals surface area contributed by atoms with E-state index in [0.717, 1.165) is 16.1 Å². The molecule has 6 nitrogen and oxygen atoms in total. The van der Waals surface area contributed by atoms with Gasteiger partial charge in [-0.1, -0.05) is 30.8 Å².